The predicted molar refractivity (Wildman–Crippen MR) is 120 cm³/mol. The second-order valence-electron chi connectivity index (χ2n) is 7.09. The van der Waals surface area contributed by atoms with Crippen LogP contribution >= 0.6 is 0 Å². The monoisotopic (exact) mass is 416 g/mol. The van der Waals surface area contributed by atoms with Gasteiger partial charge in [0, 0.05) is 5.69 Å². The first-order chi connectivity index (χ1) is 15.0. The second-order valence-corrected chi connectivity index (χ2v) is 7.09. The van der Waals surface area contributed by atoms with E-state index in [2.05, 4.69) is 10.6 Å². The molecule has 0 aliphatic heterocycles. The smallest absolute Gasteiger partial charge is 0.306 e. The van der Waals surface area contributed by atoms with Crippen molar-refractivity contribution in [3.8, 4) is 0 Å². The molecule has 6 heteroatoms. The number of ether oxygens (including phenoxy) is 1. The zero-order valence-corrected chi connectivity index (χ0v) is 17.2. The Balaban J connectivity index is 1.53. The van der Waals surface area contributed by atoms with Gasteiger partial charge in [0.2, 0.25) is 0 Å². The molecule has 6 nitrogen and oxygen atoms in total. The first kappa shape index (κ1) is 21.8. The van der Waals surface area contributed by atoms with Crippen LogP contribution in [-0.4, -0.2) is 24.4 Å². The van der Waals surface area contributed by atoms with Crippen LogP contribution in [0.5, 0.6) is 0 Å². The summed E-state index contributed by atoms with van der Waals surface area (Å²) in [5, 5.41) is 5.42. The van der Waals surface area contributed by atoms with Gasteiger partial charge in [-0.2, -0.15) is 0 Å². The fourth-order valence-electron chi connectivity index (χ4n) is 3.05. The van der Waals surface area contributed by atoms with Gasteiger partial charge in [0.15, 0.2) is 6.61 Å². The molecule has 0 aromatic heterocycles. The van der Waals surface area contributed by atoms with Crippen LogP contribution < -0.4 is 10.6 Å². The van der Waals surface area contributed by atoms with Crippen molar-refractivity contribution in [1.82, 2.24) is 0 Å². The van der Waals surface area contributed by atoms with Gasteiger partial charge in [-0.1, -0.05) is 67.6 Å². The van der Waals surface area contributed by atoms with Crippen LogP contribution in [0.3, 0.4) is 0 Å². The van der Waals surface area contributed by atoms with Gasteiger partial charge in [0.1, 0.15) is 0 Å². The van der Waals surface area contributed by atoms with Gasteiger partial charge < -0.3 is 15.4 Å². The quantitative estimate of drug-likeness (QED) is 0.525. The Morgan fingerprint density at radius 3 is 2.13 bits per heavy atom. The molecule has 158 valence electrons. The molecule has 1 atom stereocenters. The molecule has 0 saturated heterocycles. The highest BCUT2D eigenvalue weighted by Crippen LogP contribution is 2.19. The van der Waals surface area contributed by atoms with E-state index in [1.165, 1.54) is 0 Å². The van der Waals surface area contributed by atoms with E-state index in [0.717, 1.165) is 5.56 Å². The van der Waals surface area contributed by atoms with Gasteiger partial charge in [-0.3, -0.25) is 14.4 Å². The zero-order chi connectivity index (χ0) is 22.1. The third kappa shape index (κ3) is 6.54. The van der Waals surface area contributed by atoms with Crippen LogP contribution in [0.2, 0.25) is 0 Å². The summed E-state index contributed by atoms with van der Waals surface area (Å²) in [6, 6.07) is 25.3. The third-order valence-corrected chi connectivity index (χ3v) is 4.68. The molecule has 0 radical (unpaired) electrons. The first-order valence-electron chi connectivity index (χ1n) is 9.99. The Bertz CT molecular complexity index is 1040. The van der Waals surface area contributed by atoms with Crippen molar-refractivity contribution < 1.29 is 19.1 Å². The highest BCUT2D eigenvalue weighted by molar-refractivity contribution is 6.10. The maximum Gasteiger partial charge on any atom is 0.306 e. The van der Waals surface area contributed by atoms with Crippen LogP contribution in [0.25, 0.3) is 0 Å². The summed E-state index contributed by atoms with van der Waals surface area (Å²) >= 11 is 0. The third-order valence-electron chi connectivity index (χ3n) is 4.68. The molecule has 31 heavy (non-hydrogen) atoms. The number of benzene rings is 3. The standard InChI is InChI=1S/C25H24N2O4/c1-18(19-10-4-2-5-11-19)16-24(29)31-17-23(28)27-22-15-9-8-14-21(22)25(30)26-20-12-6-3-7-13-20/h2-15,18H,16-17H2,1H3,(H,26,30)(H,27,28)/t18-/m0/s1. The largest absolute Gasteiger partial charge is 0.456 e. The lowest BCUT2D eigenvalue weighted by atomic mass is 9.98. The van der Waals surface area contributed by atoms with E-state index in [1.54, 1.807) is 36.4 Å². The fraction of sp³-hybridized carbons (Fsp3) is 0.160. The molecule has 0 bridgehead atoms. The van der Waals surface area contributed by atoms with Crippen LogP contribution in [-0.2, 0) is 14.3 Å². The summed E-state index contributed by atoms with van der Waals surface area (Å²) < 4.78 is 5.11. The minimum atomic E-state index is -0.513. The number of rotatable bonds is 8. The second kappa shape index (κ2) is 10.7. The van der Waals surface area contributed by atoms with E-state index in [0.29, 0.717) is 16.9 Å². The molecule has 3 aromatic rings. The van der Waals surface area contributed by atoms with Crippen molar-refractivity contribution in [2.45, 2.75) is 19.3 Å². The van der Waals surface area contributed by atoms with E-state index < -0.39 is 18.5 Å². The van der Waals surface area contributed by atoms with Crippen molar-refractivity contribution in [2.24, 2.45) is 0 Å². The molecule has 0 heterocycles. The van der Waals surface area contributed by atoms with Crippen molar-refractivity contribution in [2.75, 3.05) is 17.2 Å². The highest BCUT2D eigenvalue weighted by Gasteiger charge is 2.16. The zero-order valence-electron chi connectivity index (χ0n) is 17.2. The number of amides is 2. The minimum absolute atomic E-state index is 0.0147. The summed E-state index contributed by atoms with van der Waals surface area (Å²) in [6.45, 7) is 1.51. The molecule has 2 N–H and O–H groups in total. The number of para-hydroxylation sites is 2. The molecule has 0 aliphatic rings. The highest BCUT2D eigenvalue weighted by atomic mass is 16.5. The normalized spacial score (nSPS) is 11.3. The van der Waals surface area contributed by atoms with E-state index in [-0.39, 0.29) is 18.2 Å². The summed E-state index contributed by atoms with van der Waals surface area (Å²) in [6.07, 6.45) is 0.174. The molecule has 3 rings (SSSR count). The molecule has 0 aliphatic carbocycles. The van der Waals surface area contributed by atoms with Crippen molar-refractivity contribution in [1.29, 1.82) is 0 Å². The van der Waals surface area contributed by atoms with E-state index in [1.807, 2.05) is 55.5 Å². The van der Waals surface area contributed by atoms with Crippen LogP contribution in [0.15, 0.2) is 84.9 Å². The van der Waals surface area contributed by atoms with Crippen molar-refractivity contribution in [3.05, 3.63) is 96.1 Å². The Kier molecular flexibility index (Phi) is 7.54. The fourth-order valence-corrected chi connectivity index (χ4v) is 3.05. The average molecular weight is 416 g/mol. The maximum absolute atomic E-state index is 12.6. The number of hydrogen-bond acceptors (Lipinski definition) is 4. The lowest BCUT2D eigenvalue weighted by Gasteiger charge is -2.13. The predicted octanol–water partition coefficient (Wildman–Crippen LogP) is 4.61. The molecule has 3 aromatic carbocycles. The lowest BCUT2D eigenvalue weighted by molar-refractivity contribution is -0.147. The summed E-state index contributed by atoms with van der Waals surface area (Å²) in [4.78, 5) is 37.0. The Morgan fingerprint density at radius 2 is 1.42 bits per heavy atom. The van der Waals surface area contributed by atoms with E-state index >= 15 is 0 Å². The van der Waals surface area contributed by atoms with E-state index in [9.17, 15) is 14.4 Å². The molecule has 0 spiro atoms. The molecule has 0 saturated carbocycles. The summed E-state index contributed by atoms with van der Waals surface area (Å²) in [7, 11) is 0. The van der Waals surface area contributed by atoms with Gasteiger partial charge in [-0.25, -0.2) is 0 Å². The van der Waals surface area contributed by atoms with Crippen molar-refractivity contribution in [3.63, 3.8) is 0 Å². The van der Waals surface area contributed by atoms with Crippen LogP contribution in [0, 0.1) is 0 Å². The number of hydrogen-bond donors (Lipinski definition) is 2. The Hall–Kier alpha value is -3.93. The molecular formula is C25H24N2O4. The van der Waals surface area contributed by atoms with Gasteiger partial charge in [0.25, 0.3) is 11.8 Å². The van der Waals surface area contributed by atoms with Crippen LogP contribution in [0.1, 0.15) is 35.2 Å². The minimum Gasteiger partial charge on any atom is -0.456 e. The topological polar surface area (TPSA) is 84.5 Å². The van der Waals surface area contributed by atoms with Gasteiger partial charge in [0.05, 0.1) is 17.7 Å². The Labute approximate surface area is 181 Å². The number of carbonyl (C=O) groups is 3. The molecular weight excluding hydrogens is 392 g/mol. The molecule has 0 fully saturated rings. The maximum atomic E-state index is 12.6. The summed E-state index contributed by atoms with van der Waals surface area (Å²) in [5.74, 6) is -1.34. The number of carbonyl (C=O) groups excluding carboxylic acids is 3. The van der Waals surface area contributed by atoms with Crippen molar-refractivity contribution >= 4 is 29.2 Å². The molecule has 0 unspecified atom stereocenters. The number of nitrogens with one attached hydrogen (secondary N) is 2. The number of anilines is 2. The van der Waals surface area contributed by atoms with Gasteiger partial charge >= 0.3 is 5.97 Å². The Morgan fingerprint density at radius 1 is 0.806 bits per heavy atom. The van der Waals surface area contributed by atoms with Gasteiger partial charge in [-0.05, 0) is 35.7 Å². The summed E-state index contributed by atoms with van der Waals surface area (Å²) in [5.41, 5.74) is 2.33. The molecule has 2 amide bonds. The number of esters is 1. The van der Waals surface area contributed by atoms with Crippen LogP contribution in [0.4, 0.5) is 11.4 Å². The first-order valence-corrected chi connectivity index (χ1v) is 9.99. The lowest BCUT2D eigenvalue weighted by Crippen LogP contribution is -2.23. The van der Waals surface area contributed by atoms with E-state index in [4.69, 9.17) is 4.74 Å². The average Bonchev–Trinajstić information content (AvgIpc) is 2.79. The van der Waals surface area contributed by atoms with Gasteiger partial charge in [-0.15, -0.1) is 0 Å². The SMILES string of the molecule is C[C@@H](CC(=O)OCC(=O)Nc1ccccc1C(=O)Nc1ccccc1)c1ccccc1.